The molecule has 4 aliphatic rings. The normalized spacial score (nSPS) is 41.8. The minimum Gasteiger partial charge on any atom is -0.378 e. The van der Waals surface area contributed by atoms with Crippen molar-refractivity contribution < 1.29 is 5.11 Å². The van der Waals surface area contributed by atoms with Gasteiger partial charge >= 0.3 is 0 Å². The molecule has 0 aromatic heterocycles. The van der Waals surface area contributed by atoms with Crippen LogP contribution in [0.3, 0.4) is 0 Å². The molecule has 204 valence electrons. The van der Waals surface area contributed by atoms with Gasteiger partial charge in [-0.05, 0) is 134 Å². The molecule has 4 saturated carbocycles. The molecule has 0 radical (unpaired) electrons. The van der Waals surface area contributed by atoms with Gasteiger partial charge in [0, 0.05) is 10.6 Å². The Hall–Kier alpha value is -0.970. The highest BCUT2D eigenvalue weighted by atomic mass is 35.5. The first kappa shape index (κ1) is 27.6. The van der Waals surface area contributed by atoms with Gasteiger partial charge < -0.3 is 5.11 Å². The highest BCUT2D eigenvalue weighted by molar-refractivity contribution is 6.30. The summed E-state index contributed by atoms with van der Waals surface area (Å²) in [4.78, 5) is 0. The zero-order chi connectivity index (χ0) is 26.4. The highest BCUT2D eigenvalue weighted by Crippen LogP contribution is 2.68. The van der Waals surface area contributed by atoms with Gasteiger partial charge in [0.15, 0.2) is 0 Å². The molecule has 37 heavy (non-hydrogen) atoms. The molecule has 0 saturated heterocycles. The van der Waals surface area contributed by atoms with Gasteiger partial charge in [0.1, 0.15) is 5.60 Å². The van der Waals surface area contributed by atoms with Crippen molar-refractivity contribution in [3.8, 4) is 11.8 Å². The molecular weight excluding hydrogens is 472 g/mol. The van der Waals surface area contributed by atoms with Gasteiger partial charge in [-0.25, -0.2) is 0 Å². The van der Waals surface area contributed by atoms with Crippen LogP contribution in [0, 0.1) is 64.1 Å². The van der Waals surface area contributed by atoms with Gasteiger partial charge in [0.2, 0.25) is 0 Å². The summed E-state index contributed by atoms with van der Waals surface area (Å²) in [7, 11) is 0. The second-order valence-corrected chi connectivity index (χ2v) is 15.1. The Kier molecular flexibility index (Phi) is 7.86. The van der Waals surface area contributed by atoms with Crippen LogP contribution in [-0.2, 0) is 0 Å². The Morgan fingerprint density at radius 1 is 0.892 bits per heavy atom. The quantitative estimate of drug-likeness (QED) is 0.381. The van der Waals surface area contributed by atoms with Gasteiger partial charge in [-0.3, -0.25) is 0 Å². The van der Waals surface area contributed by atoms with E-state index < -0.39 is 5.60 Å². The van der Waals surface area contributed by atoms with Gasteiger partial charge in [-0.2, -0.15) is 0 Å². The fourth-order valence-electron chi connectivity index (χ4n) is 10.1. The standard InChI is InChI=1S/C35H51ClO/c1-24(2)7-6-8-25(3)30-15-16-31-29-14-11-27-23-35(37,20-17-26-9-12-28(36)13-10-26)22-21-33(27,4)32(29)18-19-34(30,31)5/h9-10,12-13,24-25,27,29-32,37H,6-8,11,14-16,18-19,21-23H2,1-5H3/t25-,27-,29-,30-,31-,32+,33+,34-,35+/m1/s1. The Balaban J connectivity index is 1.26. The zero-order valence-electron chi connectivity index (χ0n) is 24.2. The summed E-state index contributed by atoms with van der Waals surface area (Å²) in [6.07, 6.45) is 15.5. The van der Waals surface area contributed by atoms with E-state index in [0.717, 1.165) is 65.4 Å². The molecule has 0 spiro atoms. The molecule has 4 fully saturated rings. The fraction of sp³-hybridized carbons (Fsp3) is 0.771. The summed E-state index contributed by atoms with van der Waals surface area (Å²) < 4.78 is 0. The molecule has 5 rings (SSSR count). The monoisotopic (exact) mass is 522 g/mol. The number of hydrogen-bond acceptors (Lipinski definition) is 1. The zero-order valence-corrected chi connectivity index (χ0v) is 24.9. The van der Waals surface area contributed by atoms with Crippen LogP contribution in [0.5, 0.6) is 0 Å². The maximum Gasteiger partial charge on any atom is 0.126 e. The van der Waals surface area contributed by atoms with Crippen molar-refractivity contribution in [2.75, 3.05) is 0 Å². The van der Waals surface area contributed by atoms with Crippen molar-refractivity contribution in [2.45, 2.75) is 117 Å². The van der Waals surface area contributed by atoms with Crippen LogP contribution in [0.4, 0.5) is 0 Å². The maximum absolute atomic E-state index is 11.5. The number of benzene rings is 1. The lowest BCUT2D eigenvalue weighted by Crippen LogP contribution is -2.55. The van der Waals surface area contributed by atoms with E-state index in [1.165, 1.54) is 57.8 Å². The number of rotatable bonds is 5. The van der Waals surface area contributed by atoms with Crippen LogP contribution >= 0.6 is 11.6 Å². The van der Waals surface area contributed by atoms with Crippen LogP contribution in [0.2, 0.25) is 5.02 Å². The molecule has 0 amide bonds. The highest BCUT2D eigenvalue weighted by Gasteiger charge is 2.61. The predicted octanol–water partition coefficient (Wildman–Crippen LogP) is 9.54. The first-order valence-corrected chi connectivity index (χ1v) is 15.9. The topological polar surface area (TPSA) is 20.2 Å². The van der Waals surface area contributed by atoms with E-state index in [4.69, 9.17) is 11.6 Å². The minimum absolute atomic E-state index is 0.374. The third kappa shape index (κ3) is 5.29. The van der Waals surface area contributed by atoms with Crippen molar-refractivity contribution in [2.24, 2.45) is 52.3 Å². The third-order valence-corrected chi connectivity index (χ3v) is 12.5. The Bertz CT molecular complexity index is 1000. The predicted molar refractivity (Wildman–Crippen MR) is 156 cm³/mol. The second kappa shape index (κ2) is 10.5. The summed E-state index contributed by atoms with van der Waals surface area (Å²) in [6.45, 7) is 12.6. The summed E-state index contributed by atoms with van der Waals surface area (Å²) >= 11 is 6.03. The molecule has 0 unspecified atom stereocenters. The largest absolute Gasteiger partial charge is 0.378 e. The number of aliphatic hydroxyl groups is 1. The van der Waals surface area contributed by atoms with Crippen LogP contribution in [0.1, 0.15) is 117 Å². The van der Waals surface area contributed by atoms with Gasteiger partial charge in [0.25, 0.3) is 0 Å². The smallest absolute Gasteiger partial charge is 0.126 e. The fourth-order valence-corrected chi connectivity index (χ4v) is 10.2. The second-order valence-electron chi connectivity index (χ2n) is 14.7. The SMILES string of the molecule is CC(C)CCC[C@@H](C)[C@H]1CC[C@@H]2[C@H]3CC[C@@H]4C[C@](O)(C#Cc5ccc(Cl)cc5)CC[C@]4(C)[C@H]3CC[C@@]21C. The van der Waals surface area contributed by atoms with Gasteiger partial charge in [-0.1, -0.05) is 77.3 Å². The molecule has 1 nitrogen and oxygen atoms in total. The van der Waals surface area contributed by atoms with Crippen LogP contribution in [0.15, 0.2) is 24.3 Å². The molecule has 1 aromatic rings. The van der Waals surface area contributed by atoms with Crippen LogP contribution in [-0.4, -0.2) is 10.7 Å². The lowest BCUT2D eigenvalue weighted by atomic mass is 9.43. The molecule has 1 N–H and O–H groups in total. The summed E-state index contributed by atoms with van der Waals surface area (Å²) in [5.41, 5.74) is 1.03. The van der Waals surface area contributed by atoms with Crippen LogP contribution in [0.25, 0.3) is 0 Å². The van der Waals surface area contributed by atoms with Crippen molar-refractivity contribution in [1.29, 1.82) is 0 Å². The first-order valence-electron chi connectivity index (χ1n) is 15.6. The van der Waals surface area contributed by atoms with Crippen molar-refractivity contribution in [3.05, 3.63) is 34.9 Å². The molecule has 0 aliphatic heterocycles. The van der Waals surface area contributed by atoms with Gasteiger partial charge in [-0.15, -0.1) is 0 Å². The number of hydrogen-bond donors (Lipinski definition) is 1. The molecule has 0 bridgehead atoms. The average Bonchev–Trinajstić information content (AvgIpc) is 3.21. The summed E-state index contributed by atoms with van der Waals surface area (Å²) in [5.74, 6) is 12.5. The molecule has 4 aliphatic carbocycles. The number of fused-ring (bicyclic) bond motifs is 5. The summed E-state index contributed by atoms with van der Waals surface area (Å²) in [5, 5.41) is 12.3. The van der Waals surface area contributed by atoms with Crippen LogP contribution < -0.4 is 0 Å². The van der Waals surface area contributed by atoms with E-state index in [0.29, 0.717) is 16.7 Å². The third-order valence-electron chi connectivity index (χ3n) is 12.2. The molecule has 9 atom stereocenters. The van der Waals surface area contributed by atoms with E-state index in [2.05, 4.69) is 46.5 Å². The maximum atomic E-state index is 11.5. The van der Waals surface area contributed by atoms with Crippen molar-refractivity contribution in [3.63, 3.8) is 0 Å². The Labute approximate surface area is 232 Å². The van der Waals surface area contributed by atoms with E-state index in [-0.39, 0.29) is 0 Å². The summed E-state index contributed by atoms with van der Waals surface area (Å²) in [6, 6.07) is 7.67. The first-order chi connectivity index (χ1) is 17.5. The molecular formula is C35H51ClO. The number of halogens is 1. The van der Waals surface area contributed by atoms with E-state index >= 15 is 0 Å². The molecule has 2 heteroatoms. The molecule has 1 aromatic carbocycles. The lowest BCUT2D eigenvalue weighted by Gasteiger charge is -2.62. The van der Waals surface area contributed by atoms with E-state index in [1.54, 1.807) is 0 Å². The Morgan fingerprint density at radius 2 is 1.62 bits per heavy atom. The van der Waals surface area contributed by atoms with Gasteiger partial charge in [0.05, 0.1) is 0 Å². The van der Waals surface area contributed by atoms with E-state index in [9.17, 15) is 5.11 Å². The van der Waals surface area contributed by atoms with E-state index in [1.807, 2.05) is 24.3 Å². The Morgan fingerprint density at radius 3 is 2.35 bits per heavy atom. The van der Waals surface area contributed by atoms with Crippen molar-refractivity contribution >= 4 is 11.6 Å². The minimum atomic E-state index is -0.844. The molecule has 0 heterocycles. The van der Waals surface area contributed by atoms with Crippen molar-refractivity contribution in [1.82, 2.24) is 0 Å². The lowest BCUT2D eigenvalue weighted by molar-refractivity contribution is -0.140. The average molecular weight is 523 g/mol.